The molecule has 3 rings (SSSR count). The molecule has 6 heteroatoms. The van der Waals surface area contributed by atoms with Crippen molar-refractivity contribution in [3.05, 3.63) is 30.0 Å². The van der Waals surface area contributed by atoms with Gasteiger partial charge in [-0.1, -0.05) is 25.1 Å². The van der Waals surface area contributed by atoms with E-state index in [4.69, 9.17) is 4.74 Å². The Labute approximate surface area is 148 Å². The lowest BCUT2D eigenvalue weighted by Crippen LogP contribution is -2.55. The number of rotatable bonds is 4. The summed E-state index contributed by atoms with van der Waals surface area (Å²) < 4.78 is 7.33. The molecule has 2 atom stereocenters. The molecule has 2 heterocycles. The number of carbonyl (C=O) groups excluding carboxylic acids is 1. The summed E-state index contributed by atoms with van der Waals surface area (Å²) in [7, 11) is 0. The van der Waals surface area contributed by atoms with E-state index in [9.17, 15) is 9.90 Å². The summed E-state index contributed by atoms with van der Waals surface area (Å²) in [6.45, 7) is 8.97. The quantitative estimate of drug-likeness (QED) is 0.921. The summed E-state index contributed by atoms with van der Waals surface area (Å²) in [5, 5.41) is 16.6. The molecule has 1 amide bonds. The van der Waals surface area contributed by atoms with Crippen molar-refractivity contribution in [3.8, 4) is 0 Å². The van der Waals surface area contributed by atoms with Gasteiger partial charge in [-0.25, -0.2) is 4.79 Å². The number of amides is 1. The highest BCUT2D eigenvalue weighted by molar-refractivity contribution is 5.82. The number of fused-ring (bicyclic) bond motifs is 1. The number of aliphatic hydroxyl groups excluding tert-OH is 1. The van der Waals surface area contributed by atoms with E-state index in [1.807, 2.05) is 49.7 Å². The maximum absolute atomic E-state index is 12.4. The zero-order chi connectivity index (χ0) is 18.2. The smallest absolute Gasteiger partial charge is 0.410 e. The second kappa shape index (κ2) is 6.67. The fraction of sp³-hybridized carbons (Fsp3) is 0.579. The molecule has 1 fully saturated rings. The minimum Gasteiger partial charge on any atom is -0.444 e. The van der Waals surface area contributed by atoms with Gasteiger partial charge in [0.1, 0.15) is 11.7 Å². The Balaban J connectivity index is 1.88. The molecule has 136 valence electrons. The van der Waals surface area contributed by atoms with Crippen molar-refractivity contribution in [1.82, 2.24) is 14.7 Å². The Hall–Kier alpha value is -2.08. The van der Waals surface area contributed by atoms with Gasteiger partial charge >= 0.3 is 6.09 Å². The third-order valence-corrected chi connectivity index (χ3v) is 4.46. The molecule has 1 aliphatic heterocycles. The predicted molar refractivity (Wildman–Crippen MR) is 96.3 cm³/mol. The van der Waals surface area contributed by atoms with Crippen LogP contribution < -0.4 is 0 Å². The lowest BCUT2D eigenvalue weighted by molar-refractivity contribution is -0.0426. The van der Waals surface area contributed by atoms with E-state index in [0.717, 1.165) is 36.0 Å². The van der Waals surface area contributed by atoms with E-state index in [0.29, 0.717) is 6.54 Å². The minimum absolute atomic E-state index is 0.273. The van der Waals surface area contributed by atoms with Crippen LogP contribution in [-0.2, 0) is 11.3 Å². The average molecular weight is 345 g/mol. The van der Waals surface area contributed by atoms with Crippen LogP contribution in [0, 0.1) is 0 Å². The van der Waals surface area contributed by atoms with Crippen molar-refractivity contribution in [2.45, 2.75) is 64.8 Å². The first kappa shape index (κ1) is 17.7. The number of benzene rings is 1. The number of ether oxygens (including phenoxy) is 1. The van der Waals surface area contributed by atoms with Gasteiger partial charge in [0, 0.05) is 18.5 Å². The first-order valence-electron chi connectivity index (χ1n) is 8.95. The molecule has 0 bridgehead atoms. The lowest BCUT2D eigenvalue weighted by Gasteiger charge is -2.43. The van der Waals surface area contributed by atoms with Gasteiger partial charge in [-0.3, -0.25) is 4.68 Å². The molecule has 25 heavy (non-hydrogen) atoms. The predicted octanol–water partition coefficient (Wildman–Crippen LogP) is 3.49. The van der Waals surface area contributed by atoms with Gasteiger partial charge in [0.05, 0.1) is 17.3 Å². The van der Waals surface area contributed by atoms with Crippen molar-refractivity contribution in [2.24, 2.45) is 0 Å². The van der Waals surface area contributed by atoms with Crippen LogP contribution >= 0.6 is 0 Å². The molecule has 1 aromatic heterocycles. The molecule has 1 unspecified atom stereocenters. The van der Waals surface area contributed by atoms with Gasteiger partial charge in [-0.05, 0) is 39.7 Å². The SMILES string of the molecule is CCCn1nc2ccccc2c1C(O)[C@@H]1CCN1C(=O)OC(C)(C)C. The van der Waals surface area contributed by atoms with Crippen LogP contribution in [0.3, 0.4) is 0 Å². The number of likely N-dealkylation sites (tertiary alicyclic amines) is 1. The maximum atomic E-state index is 12.4. The van der Waals surface area contributed by atoms with Gasteiger partial charge in [0.15, 0.2) is 0 Å². The van der Waals surface area contributed by atoms with Gasteiger partial charge < -0.3 is 14.7 Å². The topological polar surface area (TPSA) is 67.6 Å². The van der Waals surface area contributed by atoms with Crippen LogP contribution in [0.4, 0.5) is 4.79 Å². The summed E-state index contributed by atoms with van der Waals surface area (Å²) in [5.41, 5.74) is 1.11. The fourth-order valence-corrected chi connectivity index (χ4v) is 3.26. The molecule has 0 radical (unpaired) electrons. The van der Waals surface area contributed by atoms with Crippen LogP contribution in [-0.4, -0.2) is 44.1 Å². The summed E-state index contributed by atoms with van der Waals surface area (Å²) in [4.78, 5) is 14.0. The molecule has 0 aliphatic carbocycles. The molecular weight excluding hydrogens is 318 g/mol. The van der Waals surface area contributed by atoms with E-state index in [-0.39, 0.29) is 12.1 Å². The monoisotopic (exact) mass is 345 g/mol. The van der Waals surface area contributed by atoms with Crippen LogP contribution in [0.5, 0.6) is 0 Å². The molecule has 1 aliphatic rings. The second-order valence-corrected chi connectivity index (χ2v) is 7.60. The number of nitrogens with zero attached hydrogens (tertiary/aromatic N) is 3. The fourth-order valence-electron chi connectivity index (χ4n) is 3.26. The molecule has 1 saturated heterocycles. The normalized spacial score (nSPS) is 18.9. The Morgan fingerprint density at radius 3 is 2.72 bits per heavy atom. The lowest BCUT2D eigenvalue weighted by atomic mass is 9.94. The van der Waals surface area contributed by atoms with Crippen molar-refractivity contribution in [2.75, 3.05) is 6.54 Å². The molecular formula is C19H27N3O3. The van der Waals surface area contributed by atoms with Crippen molar-refractivity contribution < 1.29 is 14.6 Å². The number of aromatic nitrogens is 2. The highest BCUT2D eigenvalue weighted by atomic mass is 16.6. The maximum Gasteiger partial charge on any atom is 0.410 e. The Bertz CT molecular complexity index is 763. The average Bonchev–Trinajstić information content (AvgIpc) is 2.82. The first-order valence-corrected chi connectivity index (χ1v) is 8.95. The number of aliphatic hydroxyl groups is 1. The van der Waals surface area contributed by atoms with Crippen LogP contribution in [0.25, 0.3) is 10.9 Å². The van der Waals surface area contributed by atoms with Crippen molar-refractivity contribution in [3.63, 3.8) is 0 Å². The number of aryl methyl sites for hydroxylation is 1. The van der Waals surface area contributed by atoms with Gasteiger partial charge in [-0.15, -0.1) is 0 Å². The minimum atomic E-state index is -0.778. The third kappa shape index (κ3) is 3.49. The zero-order valence-corrected chi connectivity index (χ0v) is 15.4. The molecule has 6 nitrogen and oxygen atoms in total. The Morgan fingerprint density at radius 1 is 1.40 bits per heavy atom. The van der Waals surface area contributed by atoms with Gasteiger partial charge in [0.2, 0.25) is 0 Å². The van der Waals surface area contributed by atoms with Gasteiger partial charge in [-0.2, -0.15) is 5.10 Å². The van der Waals surface area contributed by atoms with Crippen LogP contribution in [0.1, 0.15) is 52.3 Å². The van der Waals surface area contributed by atoms with Crippen molar-refractivity contribution >= 4 is 17.0 Å². The Kier molecular flexibility index (Phi) is 4.73. The zero-order valence-electron chi connectivity index (χ0n) is 15.4. The van der Waals surface area contributed by atoms with E-state index in [2.05, 4.69) is 12.0 Å². The number of hydrogen-bond donors (Lipinski definition) is 1. The second-order valence-electron chi connectivity index (χ2n) is 7.60. The summed E-state index contributed by atoms with van der Waals surface area (Å²) in [5.74, 6) is 0. The highest BCUT2D eigenvalue weighted by Crippen LogP contribution is 2.35. The first-order chi connectivity index (χ1) is 11.8. The summed E-state index contributed by atoms with van der Waals surface area (Å²) in [6, 6.07) is 7.54. The largest absolute Gasteiger partial charge is 0.444 e. The Morgan fingerprint density at radius 2 is 2.12 bits per heavy atom. The van der Waals surface area contributed by atoms with E-state index in [1.165, 1.54) is 0 Å². The van der Waals surface area contributed by atoms with E-state index < -0.39 is 11.7 Å². The van der Waals surface area contributed by atoms with Gasteiger partial charge in [0.25, 0.3) is 0 Å². The molecule has 1 N–H and O–H groups in total. The summed E-state index contributed by atoms with van der Waals surface area (Å²) >= 11 is 0. The van der Waals surface area contributed by atoms with E-state index in [1.54, 1.807) is 4.90 Å². The van der Waals surface area contributed by atoms with Crippen LogP contribution in [0.15, 0.2) is 24.3 Å². The number of carbonyl (C=O) groups is 1. The highest BCUT2D eigenvalue weighted by Gasteiger charge is 2.41. The molecule has 2 aromatic rings. The van der Waals surface area contributed by atoms with Crippen molar-refractivity contribution in [1.29, 1.82) is 0 Å². The molecule has 0 spiro atoms. The third-order valence-electron chi connectivity index (χ3n) is 4.46. The van der Waals surface area contributed by atoms with Crippen LogP contribution in [0.2, 0.25) is 0 Å². The standard InChI is InChI=1S/C19H27N3O3/c1-5-11-22-16(13-8-6-7-9-14(13)20-22)17(23)15-10-12-21(15)18(24)25-19(2,3)4/h6-9,15,17,23H,5,10-12H2,1-4H3/t15-,17?/m0/s1. The molecule has 1 aromatic carbocycles. The molecule has 0 saturated carbocycles. The van der Waals surface area contributed by atoms with E-state index >= 15 is 0 Å². The number of hydrogen-bond acceptors (Lipinski definition) is 4. The summed E-state index contributed by atoms with van der Waals surface area (Å²) in [6.07, 6.45) is 0.536.